The first-order valence-corrected chi connectivity index (χ1v) is 10.2. The molecule has 1 unspecified atom stereocenters. The first-order chi connectivity index (χ1) is 12.9. The van der Waals surface area contributed by atoms with Crippen molar-refractivity contribution >= 4 is 5.91 Å². The van der Waals surface area contributed by atoms with Gasteiger partial charge < -0.3 is 14.7 Å². The second kappa shape index (κ2) is 8.72. The van der Waals surface area contributed by atoms with Crippen molar-refractivity contribution in [3.05, 3.63) is 35.4 Å². The molecule has 0 radical (unpaired) electrons. The molecule has 27 heavy (non-hydrogen) atoms. The number of ether oxygens (including phenoxy) is 1. The van der Waals surface area contributed by atoms with Crippen LogP contribution in [0.15, 0.2) is 24.3 Å². The van der Waals surface area contributed by atoms with E-state index in [0.29, 0.717) is 17.5 Å². The van der Waals surface area contributed by atoms with E-state index < -0.39 is 5.60 Å². The minimum absolute atomic E-state index is 0.103. The summed E-state index contributed by atoms with van der Waals surface area (Å²) in [6.07, 6.45) is 4.61. The minimum atomic E-state index is -0.880. The molecule has 0 aromatic heterocycles. The van der Waals surface area contributed by atoms with Crippen LogP contribution in [0.2, 0.25) is 0 Å². The number of hydrogen-bond acceptors (Lipinski definition) is 4. The van der Waals surface area contributed by atoms with Gasteiger partial charge in [-0.05, 0) is 69.7 Å². The lowest BCUT2D eigenvalue weighted by Gasteiger charge is -2.42. The fraction of sp³-hybridized carbons (Fsp3) is 0.682. The standard InChI is InChI=1S/C22H34N2O3/c1-22(2,26)19-8-6-18(7-9-19)21(25)23-13-10-20(11-14-23)24-12-4-5-17(15-24)16-27-3/h6-9,17,20,26H,4-5,10-16H2,1-3H3. The van der Waals surface area contributed by atoms with Gasteiger partial charge in [-0.2, -0.15) is 0 Å². The van der Waals surface area contributed by atoms with Crippen LogP contribution in [0.25, 0.3) is 0 Å². The van der Waals surface area contributed by atoms with Crippen molar-refractivity contribution in [2.45, 2.75) is 51.2 Å². The van der Waals surface area contributed by atoms with Gasteiger partial charge in [-0.15, -0.1) is 0 Å². The van der Waals surface area contributed by atoms with Gasteiger partial charge in [-0.3, -0.25) is 9.69 Å². The number of likely N-dealkylation sites (tertiary alicyclic amines) is 2. The summed E-state index contributed by atoms with van der Waals surface area (Å²) in [5, 5.41) is 10.1. The van der Waals surface area contributed by atoms with E-state index >= 15 is 0 Å². The third kappa shape index (κ3) is 5.09. The number of rotatable bonds is 5. The van der Waals surface area contributed by atoms with Crippen LogP contribution in [0.5, 0.6) is 0 Å². The highest BCUT2D eigenvalue weighted by Crippen LogP contribution is 2.25. The molecule has 1 amide bonds. The lowest BCUT2D eigenvalue weighted by Crippen LogP contribution is -2.50. The summed E-state index contributed by atoms with van der Waals surface area (Å²) in [5.41, 5.74) is 0.655. The first kappa shape index (κ1) is 20.3. The van der Waals surface area contributed by atoms with Crippen LogP contribution in [0.3, 0.4) is 0 Å². The summed E-state index contributed by atoms with van der Waals surface area (Å²) in [7, 11) is 1.79. The second-order valence-corrected chi connectivity index (χ2v) is 8.62. The van der Waals surface area contributed by atoms with E-state index in [1.54, 1.807) is 21.0 Å². The number of aliphatic hydroxyl groups is 1. The number of nitrogens with zero attached hydrogens (tertiary/aromatic N) is 2. The molecule has 5 heteroatoms. The summed E-state index contributed by atoms with van der Waals surface area (Å²) in [6, 6.07) is 7.96. The van der Waals surface area contributed by atoms with E-state index in [-0.39, 0.29) is 5.91 Å². The van der Waals surface area contributed by atoms with Gasteiger partial charge in [-0.25, -0.2) is 0 Å². The smallest absolute Gasteiger partial charge is 0.253 e. The van der Waals surface area contributed by atoms with Crippen LogP contribution in [0, 0.1) is 5.92 Å². The Morgan fingerprint density at radius 3 is 2.41 bits per heavy atom. The maximum Gasteiger partial charge on any atom is 0.253 e. The normalized spacial score (nSPS) is 22.8. The Balaban J connectivity index is 1.53. The van der Waals surface area contributed by atoms with Crippen LogP contribution in [-0.4, -0.2) is 66.8 Å². The van der Waals surface area contributed by atoms with Crippen LogP contribution in [-0.2, 0) is 10.3 Å². The van der Waals surface area contributed by atoms with E-state index in [9.17, 15) is 9.90 Å². The lowest BCUT2D eigenvalue weighted by atomic mass is 9.94. The zero-order chi connectivity index (χ0) is 19.4. The summed E-state index contributed by atoms with van der Waals surface area (Å²) < 4.78 is 5.35. The molecule has 0 spiro atoms. The SMILES string of the molecule is COCC1CCCN(C2CCN(C(=O)c3ccc(C(C)(C)O)cc3)CC2)C1. The Morgan fingerprint density at radius 2 is 1.81 bits per heavy atom. The predicted molar refractivity (Wildman–Crippen MR) is 107 cm³/mol. The zero-order valence-electron chi connectivity index (χ0n) is 17.0. The predicted octanol–water partition coefficient (Wildman–Crippen LogP) is 2.88. The highest BCUT2D eigenvalue weighted by atomic mass is 16.5. The fourth-order valence-corrected chi connectivity index (χ4v) is 4.44. The highest BCUT2D eigenvalue weighted by molar-refractivity contribution is 5.94. The van der Waals surface area contributed by atoms with Crippen LogP contribution in [0.1, 0.15) is 55.5 Å². The van der Waals surface area contributed by atoms with Crippen molar-refractivity contribution in [1.82, 2.24) is 9.80 Å². The van der Waals surface area contributed by atoms with Gasteiger partial charge in [0, 0.05) is 38.3 Å². The molecule has 2 fully saturated rings. The van der Waals surface area contributed by atoms with Crippen molar-refractivity contribution in [1.29, 1.82) is 0 Å². The highest BCUT2D eigenvalue weighted by Gasteiger charge is 2.30. The van der Waals surface area contributed by atoms with Crippen molar-refractivity contribution in [3.63, 3.8) is 0 Å². The molecular weight excluding hydrogens is 340 g/mol. The molecule has 2 aliphatic rings. The number of methoxy groups -OCH3 is 1. The largest absolute Gasteiger partial charge is 0.386 e. The van der Waals surface area contributed by atoms with Crippen molar-refractivity contribution < 1.29 is 14.6 Å². The summed E-state index contributed by atoms with van der Waals surface area (Å²) in [6.45, 7) is 8.32. The summed E-state index contributed by atoms with van der Waals surface area (Å²) in [4.78, 5) is 17.4. The van der Waals surface area contributed by atoms with Crippen LogP contribution >= 0.6 is 0 Å². The van der Waals surface area contributed by atoms with E-state index in [0.717, 1.165) is 44.6 Å². The second-order valence-electron chi connectivity index (χ2n) is 8.62. The summed E-state index contributed by atoms with van der Waals surface area (Å²) in [5.74, 6) is 0.754. The molecule has 2 aliphatic heterocycles. The number of carbonyl (C=O) groups is 1. The topological polar surface area (TPSA) is 53.0 Å². The van der Waals surface area contributed by atoms with Gasteiger partial charge in [0.1, 0.15) is 0 Å². The van der Waals surface area contributed by atoms with Crippen molar-refractivity contribution in [2.24, 2.45) is 5.92 Å². The molecule has 1 N–H and O–H groups in total. The average Bonchev–Trinajstić information content (AvgIpc) is 2.67. The number of benzene rings is 1. The fourth-order valence-electron chi connectivity index (χ4n) is 4.44. The van der Waals surface area contributed by atoms with E-state index in [2.05, 4.69) is 4.90 Å². The number of hydrogen-bond donors (Lipinski definition) is 1. The molecule has 1 aromatic carbocycles. The molecule has 2 heterocycles. The Morgan fingerprint density at radius 1 is 1.15 bits per heavy atom. The van der Waals surface area contributed by atoms with E-state index in [1.807, 2.05) is 29.2 Å². The average molecular weight is 375 g/mol. The van der Waals surface area contributed by atoms with E-state index in [4.69, 9.17) is 4.74 Å². The van der Waals surface area contributed by atoms with Crippen molar-refractivity contribution in [2.75, 3.05) is 39.9 Å². The molecule has 1 aromatic rings. The lowest BCUT2D eigenvalue weighted by molar-refractivity contribution is 0.0390. The van der Waals surface area contributed by atoms with Crippen molar-refractivity contribution in [3.8, 4) is 0 Å². The molecule has 0 aliphatic carbocycles. The Labute approximate surface area is 163 Å². The molecular formula is C22H34N2O3. The van der Waals surface area contributed by atoms with E-state index in [1.165, 1.54) is 19.4 Å². The maximum atomic E-state index is 12.8. The molecule has 0 saturated carbocycles. The zero-order valence-corrected chi connectivity index (χ0v) is 17.0. The van der Waals surface area contributed by atoms with Gasteiger partial charge in [0.15, 0.2) is 0 Å². The van der Waals surface area contributed by atoms with Crippen LogP contribution < -0.4 is 0 Å². The molecule has 1 atom stereocenters. The Kier molecular flexibility index (Phi) is 6.56. The van der Waals surface area contributed by atoms with Gasteiger partial charge in [0.25, 0.3) is 5.91 Å². The molecule has 150 valence electrons. The first-order valence-electron chi connectivity index (χ1n) is 10.2. The third-order valence-electron chi connectivity index (χ3n) is 6.06. The van der Waals surface area contributed by atoms with Gasteiger partial charge in [-0.1, -0.05) is 12.1 Å². The van der Waals surface area contributed by atoms with Gasteiger partial charge >= 0.3 is 0 Å². The maximum absolute atomic E-state index is 12.8. The quantitative estimate of drug-likeness (QED) is 0.861. The number of piperidine rings is 2. The van der Waals surface area contributed by atoms with Gasteiger partial charge in [0.05, 0.1) is 12.2 Å². The molecule has 2 saturated heterocycles. The molecule has 5 nitrogen and oxygen atoms in total. The van der Waals surface area contributed by atoms with Gasteiger partial charge in [0.2, 0.25) is 0 Å². The number of amides is 1. The monoisotopic (exact) mass is 374 g/mol. The summed E-state index contributed by atoms with van der Waals surface area (Å²) >= 11 is 0. The van der Waals surface area contributed by atoms with Crippen LogP contribution in [0.4, 0.5) is 0 Å². The molecule has 3 rings (SSSR count). The minimum Gasteiger partial charge on any atom is -0.386 e. The molecule has 0 bridgehead atoms. The number of carbonyl (C=O) groups excluding carboxylic acids is 1. The third-order valence-corrected chi connectivity index (χ3v) is 6.06. The Hall–Kier alpha value is -1.43. The Bertz CT molecular complexity index is 613.